The zero-order valence-electron chi connectivity index (χ0n) is 18.3. The van der Waals surface area contributed by atoms with Gasteiger partial charge in [0.1, 0.15) is 11.7 Å². The van der Waals surface area contributed by atoms with Crippen molar-refractivity contribution in [1.29, 1.82) is 0 Å². The lowest BCUT2D eigenvalue weighted by Crippen LogP contribution is -2.54. The van der Waals surface area contributed by atoms with E-state index < -0.39 is 34.0 Å². The Morgan fingerprint density at radius 3 is 2.50 bits per heavy atom. The standard InChI is InChI=1S/C23H22N4O6S/c1-3-33-21(29)18-16(13-9-11-15(12-10-13)27(31)32)17-19(24-22(34-2)25-20(17)28)26-23(18,30)14-7-5-4-6-8-14/h4-12,16,18,30H,3H2,1-2H3,(H2,24,25,26,28)/t16-,18-,23-/m0/s1. The number of ether oxygens (including phenoxy) is 1. The van der Waals surface area contributed by atoms with Crippen LogP contribution in [0.2, 0.25) is 0 Å². The highest BCUT2D eigenvalue weighted by atomic mass is 32.2. The van der Waals surface area contributed by atoms with Gasteiger partial charge in [0.15, 0.2) is 10.9 Å². The molecule has 2 heterocycles. The number of carbonyl (C=O) groups is 1. The topological polar surface area (TPSA) is 147 Å². The summed E-state index contributed by atoms with van der Waals surface area (Å²) in [4.78, 5) is 44.3. The summed E-state index contributed by atoms with van der Waals surface area (Å²) in [5.41, 5.74) is -1.69. The molecule has 3 N–H and O–H groups in total. The number of nitro groups is 1. The number of carbonyl (C=O) groups excluding carboxylic acids is 1. The van der Waals surface area contributed by atoms with Gasteiger partial charge in [-0.3, -0.25) is 19.7 Å². The summed E-state index contributed by atoms with van der Waals surface area (Å²) in [6.07, 6.45) is 1.74. The fourth-order valence-corrected chi connectivity index (χ4v) is 4.63. The number of anilines is 1. The number of nitrogens with one attached hydrogen (secondary N) is 2. The van der Waals surface area contributed by atoms with E-state index in [9.17, 15) is 24.8 Å². The summed E-state index contributed by atoms with van der Waals surface area (Å²) < 4.78 is 5.33. The number of hydrogen-bond donors (Lipinski definition) is 3. The van der Waals surface area contributed by atoms with Crippen molar-refractivity contribution in [2.24, 2.45) is 5.92 Å². The molecule has 0 aliphatic carbocycles. The van der Waals surface area contributed by atoms with E-state index in [1.54, 1.807) is 43.5 Å². The number of benzene rings is 2. The Morgan fingerprint density at radius 2 is 1.91 bits per heavy atom. The number of aliphatic hydroxyl groups is 1. The van der Waals surface area contributed by atoms with E-state index in [0.29, 0.717) is 16.3 Å². The van der Waals surface area contributed by atoms with Gasteiger partial charge in [0.05, 0.1) is 17.1 Å². The van der Waals surface area contributed by atoms with E-state index in [4.69, 9.17) is 4.74 Å². The van der Waals surface area contributed by atoms with Crippen molar-refractivity contribution in [3.63, 3.8) is 0 Å². The number of nitro benzene ring substituents is 1. The lowest BCUT2D eigenvalue weighted by Gasteiger charge is -2.44. The van der Waals surface area contributed by atoms with E-state index in [2.05, 4.69) is 15.3 Å². The first-order valence-electron chi connectivity index (χ1n) is 10.5. The minimum atomic E-state index is -1.98. The highest BCUT2D eigenvalue weighted by Crippen LogP contribution is 2.49. The Bertz CT molecular complexity index is 1280. The average molecular weight is 483 g/mol. The molecule has 0 amide bonds. The van der Waals surface area contributed by atoms with Gasteiger partial charge < -0.3 is 20.1 Å². The molecule has 1 aromatic heterocycles. The van der Waals surface area contributed by atoms with Crippen LogP contribution in [0.5, 0.6) is 0 Å². The molecule has 4 rings (SSSR count). The smallest absolute Gasteiger partial charge is 0.315 e. The number of thioether (sulfide) groups is 1. The molecule has 0 bridgehead atoms. The lowest BCUT2D eigenvalue weighted by atomic mass is 9.71. The first kappa shape index (κ1) is 23.5. The molecule has 0 radical (unpaired) electrons. The van der Waals surface area contributed by atoms with Gasteiger partial charge in [-0.2, -0.15) is 0 Å². The molecule has 0 spiro atoms. The quantitative estimate of drug-likeness (QED) is 0.159. The van der Waals surface area contributed by atoms with E-state index in [-0.39, 0.29) is 23.7 Å². The first-order chi connectivity index (χ1) is 16.3. The van der Waals surface area contributed by atoms with E-state index in [1.807, 2.05) is 0 Å². The van der Waals surface area contributed by atoms with Gasteiger partial charge in [0.25, 0.3) is 11.2 Å². The maximum Gasteiger partial charge on any atom is 0.315 e. The van der Waals surface area contributed by atoms with Crippen molar-refractivity contribution in [3.8, 4) is 0 Å². The van der Waals surface area contributed by atoms with Gasteiger partial charge in [-0.05, 0) is 18.7 Å². The summed E-state index contributed by atoms with van der Waals surface area (Å²) in [6.45, 7) is 1.70. The van der Waals surface area contributed by atoms with Gasteiger partial charge in [-0.25, -0.2) is 4.98 Å². The van der Waals surface area contributed by atoms with E-state index >= 15 is 0 Å². The molecule has 1 aliphatic rings. The molecule has 2 aromatic carbocycles. The maximum atomic E-state index is 13.3. The summed E-state index contributed by atoms with van der Waals surface area (Å²) >= 11 is 1.21. The second kappa shape index (κ2) is 9.27. The number of aromatic nitrogens is 2. The highest BCUT2D eigenvalue weighted by molar-refractivity contribution is 7.98. The lowest BCUT2D eigenvalue weighted by molar-refractivity contribution is -0.384. The van der Waals surface area contributed by atoms with Crippen molar-refractivity contribution in [1.82, 2.24) is 9.97 Å². The summed E-state index contributed by atoms with van der Waals surface area (Å²) in [5, 5.41) is 26.4. The Balaban J connectivity index is 2.02. The Hall–Kier alpha value is -3.70. The predicted octanol–water partition coefficient (Wildman–Crippen LogP) is 2.98. The highest BCUT2D eigenvalue weighted by Gasteiger charge is 2.54. The third-order valence-electron chi connectivity index (χ3n) is 5.75. The Morgan fingerprint density at radius 1 is 1.24 bits per heavy atom. The molecule has 0 saturated heterocycles. The number of hydrogen-bond acceptors (Lipinski definition) is 9. The molecule has 34 heavy (non-hydrogen) atoms. The number of H-pyrrole nitrogens is 1. The van der Waals surface area contributed by atoms with Gasteiger partial charge in [-0.1, -0.05) is 54.2 Å². The average Bonchev–Trinajstić information content (AvgIpc) is 2.83. The third kappa shape index (κ3) is 4.03. The first-order valence-corrected chi connectivity index (χ1v) is 11.7. The Labute approximate surface area is 198 Å². The van der Waals surface area contributed by atoms with Crippen molar-refractivity contribution < 1.29 is 19.6 Å². The van der Waals surface area contributed by atoms with Crippen LogP contribution in [0.4, 0.5) is 11.5 Å². The van der Waals surface area contributed by atoms with Gasteiger partial charge in [-0.15, -0.1) is 0 Å². The second-order valence-corrected chi connectivity index (χ2v) is 8.45. The fourth-order valence-electron chi connectivity index (χ4n) is 4.25. The van der Waals surface area contributed by atoms with Crippen LogP contribution in [0.25, 0.3) is 0 Å². The molecule has 176 valence electrons. The van der Waals surface area contributed by atoms with Crippen LogP contribution in [0, 0.1) is 16.0 Å². The van der Waals surface area contributed by atoms with Crippen molar-refractivity contribution in [2.45, 2.75) is 23.7 Å². The van der Waals surface area contributed by atoms with Crippen LogP contribution in [0.1, 0.15) is 29.5 Å². The van der Waals surface area contributed by atoms with Crippen LogP contribution in [-0.4, -0.2) is 38.8 Å². The van der Waals surface area contributed by atoms with Crippen LogP contribution >= 0.6 is 11.8 Å². The molecule has 1 aliphatic heterocycles. The molecule has 3 aromatic rings. The van der Waals surface area contributed by atoms with Crippen LogP contribution in [0.15, 0.2) is 64.5 Å². The number of nitrogens with zero attached hydrogens (tertiary/aromatic N) is 2. The van der Waals surface area contributed by atoms with Gasteiger partial charge in [0.2, 0.25) is 0 Å². The van der Waals surface area contributed by atoms with Crippen molar-refractivity contribution in [2.75, 3.05) is 18.2 Å². The predicted molar refractivity (Wildman–Crippen MR) is 126 cm³/mol. The number of non-ortho nitro benzene ring substituents is 1. The largest absolute Gasteiger partial charge is 0.466 e. The molecule has 11 heteroatoms. The molecule has 10 nitrogen and oxygen atoms in total. The Kier molecular flexibility index (Phi) is 6.40. The summed E-state index contributed by atoms with van der Waals surface area (Å²) in [6, 6.07) is 14.0. The van der Waals surface area contributed by atoms with E-state index in [1.165, 1.54) is 36.0 Å². The molecule has 0 fully saturated rings. The molecular weight excluding hydrogens is 460 g/mol. The number of aromatic amines is 1. The van der Waals surface area contributed by atoms with Crippen LogP contribution in [0.3, 0.4) is 0 Å². The normalized spacial score (nSPS) is 21.3. The van der Waals surface area contributed by atoms with Crippen LogP contribution in [-0.2, 0) is 15.3 Å². The summed E-state index contributed by atoms with van der Waals surface area (Å²) in [5.74, 6) is -2.92. The number of rotatable bonds is 6. The van der Waals surface area contributed by atoms with Crippen molar-refractivity contribution >= 4 is 29.2 Å². The zero-order valence-corrected chi connectivity index (χ0v) is 19.2. The van der Waals surface area contributed by atoms with Gasteiger partial charge in [0, 0.05) is 23.6 Å². The number of esters is 1. The number of fused-ring (bicyclic) bond motifs is 1. The minimum Gasteiger partial charge on any atom is -0.466 e. The SMILES string of the molecule is CCOC(=O)[C@@H]1[C@@H](c2ccc([N+](=O)[O-])cc2)c2c(nc(SC)[nH]c2=O)N[C@]1(O)c1ccccc1. The van der Waals surface area contributed by atoms with Gasteiger partial charge >= 0.3 is 5.97 Å². The minimum absolute atomic E-state index is 0.0556. The molecular formula is C23H22N4O6S. The fraction of sp³-hybridized carbons (Fsp3) is 0.261. The molecule has 3 atom stereocenters. The maximum absolute atomic E-state index is 13.3. The monoisotopic (exact) mass is 482 g/mol. The second-order valence-electron chi connectivity index (χ2n) is 7.65. The molecule has 0 unspecified atom stereocenters. The van der Waals surface area contributed by atoms with Crippen LogP contribution < -0.4 is 10.9 Å². The summed E-state index contributed by atoms with van der Waals surface area (Å²) in [7, 11) is 0. The zero-order chi connectivity index (χ0) is 24.5. The van der Waals surface area contributed by atoms with E-state index in [0.717, 1.165) is 0 Å². The van der Waals surface area contributed by atoms with Crippen molar-refractivity contribution in [3.05, 3.63) is 91.8 Å². The third-order valence-corrected chi connectivity index (χ3v) is 6.33. The molecule has 0 saturated carbocycles.